The molecular weight excluding hydrogens is 296 g/mol. The number of anilines is 1. The molecule has 0 aromatic heterocycles. The molecular formula is C21H26N2O. The molecule has 3 heteroatoms. The van der Waals surface area contributed by atoms with E-state index in [0.29, 0.717) is 12.5 Å². The highest BCUT2D eigenvalue weighted by Crippen LogP contribution is 2.30. The molecule has 2 aliphatic heterocycles. The smallest absolute Gasteiger partial charge is 0.0460 e. The van der Waals surface area contributed by atoms with Crippen LogP contribution in [-0.4, -0.2) is 29.7 Å². The molecule has 2 aromatic rings. The fraction of sp³-hybridized carbons (Fsp3) is 0.429. The van der Waals surface area contributed by atoms with E-state index in [1.807, 2.05) is 0 Å². The SMILES string of the molecule is OCC1CCN(c2ccccc2CN2Cc3ccccc3C2)CC1. The molecule has 24 heavy (non-hydrogen) atoms. The number of para-hydroxylation sites is 1. The Labute approximate surface area is 144 Å². The summed E-state index contributed by atoms with van der Waals surface area (Å²) in [6.45, 7) is 5.56. The van der Waals surface area contributed by atoms with Crippen LogP contribution >= 0.6 is 0 Å². The summed E-state index contributed by atoms with van der Waals surface area (Å²) in [4.78, 5) is 5.04. The van der Waals surface area contributed by atoms with Crippen LogP contribution < -0.4 is 4.90 Å². The maximum atomic E-state index is 9.35. The van der Waals surface area contributed by atoms with Crippen LogP contribution in [0.3, 0.4) is 0 Å². The number of benzene rings is 2. The third-order valence-corrected chi connectivity index (χ3v) is 5.51. The normalized spacial score (nSPS) is 18.8. The van der Waals surface area contributed by atoms with Crippen LogP contribution in [0.5, 0.6) is 0 Å². The van der Waals surface area contributed by atoms with Gasteiger partial charge in [0.2, 0.25) is 0 Å². The lowest BCUT2D eigenvalue weighted by molar-refractivity contribution is 0.203. The summed E-state index contributed by atoms with van der Waals surface area (Å²) in [5.41, 5.74) is 5.75. The second-order valence-corrected chi connectivity index (χ2v) is 7.16. The number of hydrogen-bond donors (Lipinski definition) is 1. The first kappa shape index (κ1) is 15.7. The van der Waals surface area contributed by atoms with Crippen molar-refractivity contribution in [1.29, 1.82) is 0 Å². The molecule has 0 aliphatic carbocycles. The highest BCUT2D eigenvalue weighted by Gasteiger charge is 2.23. The third-order valence-electron chi connectivity index (χ3n) is 5.51. The molecule has 1 fully saturated rings. The summed E-state index contributed by atoms with van der Waals surface area (Å²) >= 11 is 0. The van der Waals surface area contributed by atoms with E-state index < -0.39 is 0 Å². The molecule has 126 valence electrons. The Hall–Kier alpha value is -1.84. The Morgan fingerprint density at radius 1 is 0.875 bits per heavy atom. The lowest BCUT2D eigenvalue weighted by atomic mass is 9.97. The van der Waals surface area contributed by atoms with Gasteiger partial charge in [-0.3, -0.25) is 4.90 Å². The minimum absolute atomic E-state index is 0.335. The van der Waals surface area contributed by atoms with Gasteiger partial charge in [0.25, 0.3) is 0 Å². The van der Waals surface area contributed by atoms with Gasteiger partial charge >= 0.3 is 0 Å². The monoisotopic (exact) mass is 322 g/mol. The van der Waals surface area contributed by atoms with Crippen molar-refractivity contribution in [2.75, 3.05) is 24.6 Å². The largest absolute Gasteiger partial charge is 0.396 e. The summed E-state index contributed by atoms with van der Waals surface area (Å²) in [6, 6.07) is 17.6. The molecule has 0 spiro atoms. The Bertz CT molecular complexity index is 667. The van der Waals surface area contributed by atoms with Crippen LogP contribution in [0.25, 0.3) is 0 Å². The molecule has 0 bridgehead atoms. The molecule has 1 saturated heterocycles. The fourth-order valence-corrected chi connectivity index (χ4v) is 4.07. The number of rotatable bonds is 4. The zero-order valence-corrected chi connectivity index (χ0v) is 14.2. The second kappa shape index (κ2) is 6.96. The maximum Gasteiger partial charge on any atom is 0.0460 e. The third kappa shape index (κ3) is 3.19. The predicted octanol–water partition coefficient (Wildman–Crippen LogP) is 3.41. The molecule has 0 atom stereocenters. The van der Waals surface area contributed by atoms with Gasteiger partial charge in [-0.15, -0.1) is 0 Å². The van der Waals surface area contributed by atoms with Crippen LogP contribution in [0.1, 0.15) is 29.5 Å². The van der Waals surface area contributed by atoms with Gasteiger partial charge in [0.15, 0.2) is 0 Å². The average molecular weight is 322 g/mol. The number of aliphatic hydroxyl groups excluding tert-OH is 1. The van der Waals surface area contributed by atoms with Crippen molar-refractivity contribution < 1.29 is 5.11 Å². The number of hydrogen-bond acceptors (Lipinski definition) is 3. The molecule has 0 unspecified atom stereocenters. The van der Waals surface area contributed by atoms with Crippen molar-refractivity contribution in [1.82, 2.24) is 4.90 Å². The molecule has 2 heterocycles. The zero-order valence-electron chi connectivity index (χ0n) is 14.2. The van der Waals surface area contributed by atoms with Crippen LogP contribution in [0, 0.1) is 5.92 Å². The van der Waals surface area contributed by atoms with Crippen molar-refractivity contribution in [3.8, 4) is 0 Å². The van der Waals surface area contributed by atoms with E-state index in [-0.39, 0.29) is 0 Å². The van der Waals surface area contributed by atoms with E-state index in [1.54, 1.807) is 0 Å². The Kier molecular flexibility index (Phi) is 4.54. The van der Waals surface area contributed by atoms with Gasteiger partial charge < -0.3 is 10.0 Å². The molecule has 2 aromatic carbocycles. The molecule has 1 N–H and O–H groups in total. The van der Waals surface area contributed by atoms with Crippen LogP contribution in [0.4, 0.5) is 5.69 Å². The number of piperidine rings is 1. The lowest BCUT2D eigenvalue weighted by Gasteiger charge is -2.34. The van der Waals surface area contributed by atoms with Gasteiger partial charge in [0, 0.05) is 45.0 Å². The topological polar surface area (TPSA) is 26.7 Å². The first-order chi connectivity index (χ1) is 11.8. The Morgan fingerprint density at radius 2 is 1.50 bits per heavy atom. The molecule has 0 amide bonds. The van der Waals surface area contributed by atoms with E-state index >= 15 is 0 Å². The van der Waals surface area contributed by atoms with Gasteiger partial charge in [0.1, 0.15) is 0 Å². The standard InChI is InChI=1S/C21H26N2O/c24-16-17-9-11-23(12-10-17)21-8-4-3-7-20(21)15-22-13-18-5-1-2-6-19(18)14-22/h1-8,17,24H,9-16H2. The maximum absolute atomic E-state index is 9.35. The highest BCUT2D eigenvalue weighted by molar-refractivity contribution is 5.54. The first-order valence-electron chi connectivity index (χ1n) is 9.06. The lowest BCUT2D eigenvalue weighted by Crippen LogP contribution is -2.35. The van der Waals surface area contributed by atoms with Gasteiger partial charge in [-0.1, -0.05) is 42.5 Å². The Morgan fingerprint density at radius 3 is 2.17 bits per heavy atom. The van der Waals surface area contributed by atoms with Crippen LogP contribution in [0.2, 0.25) is 0 Å². The second-order valence-electron chi connectivity index (χ2n) is 7.16. The van der Waals surface area contributed by atoms with Gasteiger partial charge in [0.05, 0.1) is 0 Å². The van der Waals surface area contributed by atoms with Crippen molar-refractivity contribution in [2.45, 2.75) is 32.5 Å². The van der Waals surface area contributed by atoms with E-state index in [2.05, 4.69) is 58.3 Å². The van der Waals surface area contributed by atoms with Crippen LogP contribution in [0.15, 0.2) is 48.5 Å². The fourth-order valence-electron chi connectivity index (χ4n) is 4.07. The summed E-state index contributed by atoms with van der Waals surface area (Å²) in [5.74, 6) is 0.487. The quantitative estimate of drug-likeness (QED) is 0.934. The van der Waals surface area contributed by atoms with Crippen molar-refractivity contribution in [3.05, 3.63) is 65.2 Å². The summed E-state index contributed by atoms with van der Waals surface area (Å²) in [5, 5.41) is 9.35. The van der Waals surface area contributed by atoms with Gasteiger partial charge in [-0.05, 0) is 41.5 Å². The molecule has 4 rings (SSSR count). The van der Waals surface area contributed by atoms with Crippen molar-refractivity contribution in [3.63, 3.8) is 0 Å². The summed E-state index contributed by atoms with van der Waals surface area (Å²) in [6.07, 6.45) is 2.19. The molecule has 2 aliphatic rings. The minimum Gasteiger partial charge on any atom is -0.396 e. The van der Waals surface area contributed by atoms with E-state index in [1.165, 1.54) is 22.4 Å². The zero-order chi connectivity index (χ0) is 16.4. The van der Waals surface area contributed by atoms with E-state index in [9.17, 15) is 5.11 Å². The van der Waals surface area contributed by atoms with Crippen molar-refractivity contribution in [2.24, 2.45) is 5.92 Å². The Balaban J connectivity index is 1.47. The van der Waals surface area contributed by atoms with Crippen LogP contribution in [-0.2, 0) is 19.6 Å². The minimum atomic E-state index is 0.335. The van der Waals surface area contributed by atoms with E-state index in [0.717, 1.165) is 45.6 Å². The average Bonchev–Trinajstić information content (AvgIpc) is 3.04. The first-order valence-corrected chi connectivity index (χ1v) is 9.06. The van der Waals surface area contributed by atoms with Gasteiger partial charge in [-0.2, -0.15) is 0 Å². The summed E-state index contributed by atoms with van der Waals surface area (Å²) in [7, 11) is 0. The number of aliphatic hydroxyl groups is 1. The highest BCUT2D eigenvalue weighted by atomic mass is 16.3. The number of nitrogens with zero attached hydrogens (tertiary/aromatic N) is 2. The molecule has 0 radical (unpaired) electrons. The van der Waals surface area contributed by atoms with E-state index in [4.69, 9.17) is 0 Å². The van der Waals surface area contributed by atoms with Gasteiger partial charge in [-0.25, -0.2) is 0 Å². The summed E-state index contributed by atoms with van der Waals surface area (Å²) < 4.78 is 0. The van der Waals surface area contributed by atoms with Crippen molar-refractivity contribution >= 4 is 5.69 Å². The molecule has 0 saturated carbocycles. The number of fused-ring (bicyclic) bond motifs is 1. The molecule has 3 nitrogen and oxygen atoms in total. The predicted molar refractivity (Wildman–Crippen MR) is 97.9 cm³/mol.